The van der Waals surface area contributed by atoms with E-state index >= 15 is 0 Å². The first-order valence-corrected chi connectivity index (χ1v) is 8.83. The quantitative estimate of drug-likeness (QED) is 0.786. The molecule has 0 bridgehead atoms. The minimum atomic E-state index is -0.298. The molecule has 4 nitrogen and oxygen atoms in total. The number of hydrogen-bond donors (Lipinski definition) is 1. The van der Waals surface area contributed by atoms with Gasteiger partial charge in [-0.25, -0.2) is 9.07 Å². The van der Waals surface area contributed by atoms with Gasteiger partial charge in [0.1, 0.15) is 11.5 Å². The van der Waals surface area contributed by atoms with Gasteiger partial charge in [0.05, 0.1) is 17.8 Å². The molecule has 1 N–H and O–H groups in total. The van der Waals surface area contributed by atoms with Crippen LogP contribution in [-0.2, 0) is 6.42 Å². The van der Waals surface area contributed by atoms with Crippen molar-refractivity contribution >= 4 is 17.2 Å². The van der Waals surface area contributed by atoms with Crippen LogP contribution in [0, 0.1) is 5.82 Å². The Morgan fingerprint density at radius 3 is 3.00 bits per heavy atom. The Morgan fingerprint density at radius 2 is 2.21 bits per heavy atom. The summed E-state index contributed by atoms with van der Waals surface area (Å²) in [5.41, 5.74) is 3.08. The zero-order valence-corrected chi connectivity index (χ0v) is 13.7. The van der Waals surface area contributed by atoms with E-state index in [0.29, 0.717) is 11.3 Å². The van der Waals surface area contributed by atoms with E-state index in [-0.39, 0.29) is 17.8 Å². The van der Waals surface area contributed by atoms with Crippen molar-refractivity contribution in [2.75, 3.05) is 0 Å². The number of fused-ring (bicyclic) bond motifs is 1. The number of halogens is 1. The first-order chi connectivity index (χ1) is 11.7. The zero-order valence-electron chi connectivity index (χ0n) is 12.9. The Labute approximate surface area is 142 Å². The molecule has 1 atom stereocenters. The van der Waals surface area contributed by atoms with Crippen molar-refractivity contribution in [3.05, 3.63) is 69.9 Å². The highest BCUT2D eigenvalue weighted by atomic mass is 32.1. The van der Waals surface area contributed by atoms with Gasteiger partial charge in [-0.3, -0.25) is 4.79 Å². The summed E-state index contributed by atoms with van der Waals surface area (Å²) in [6.07, 6.45) is 4.38. The fourth-order valence-corrected chi connectivity index (χ4v) is 3.81. The number of carbonyl (C=O) groups is 1. The highest BCUT2D eigenvalue weighted by Crippen LogP contribution is 2.31. The van der Waals surface area contributed by atoms with Crippen LogP contribution < -0.4 is 5.32 Å². The zero-order chi connectivity index (χ0) is 16.5. The Morgan fingerprint density at radius 1 is 1.33 bits per heavy atom. The van der Waals surface area contributed by atoms with Crippen LogP contribution in [0.5, 0.6) is 0 Å². The van der Waals surface area contributed by atoms with E-state index in [1.165, 1.54) is 17.4 Å². The number of nitrogens with one attached hydrogen (secondary N) is 1. The molecule has 0 radical (unpaired) electrons. The second-order valence-electron chi connectivity index (χ2n) is 5.84. The third-order valence-corrected chi connectivity index (χ3v) is 5.04. The number of carbonyl (C=O) groups excluding carboxylic acids is 1. The molecule has 0 saturated heterocycles. The van der Waals surface area contributed by atoms with Gasteiger partial charge in [0.15, 0.2) is 0 Å². The SMILES string of the molecule is O=C(N[C@@H]1CCCc2c1cnn2-c1ccccc1F)c1ccsc1. The van der Waals surface area contributed by atoms with E-state index in [2.05, 4.69) is 10.4 Å². The smallest absolute Gasteiger partial charge is 0.252 e. The van der Waals surface area contributed by atoms with Crippen LogP contribution in [0.3, 0.4) is 0 Å². The number of nitrogens with zero attached hydrogens (tertiary/aromatic N) is 2. The molecule has 1 aliphatic carbocycles. The van der Waals surface area contributed by atoms with E-state index in [0.717, 1.165) is 30.5 Å². The van der Waals surface area contributed by atoms with Crippen molar-refractivity contribution in [2.24, 2.45) is 0 Å². The average molecular weight is 341 g/mol. The highest BCUT2D eigenvalue weighted by Gasteiger charge is 2.27. The fraction of sp³-hybridized carbons (Fsp3) is 0.222. The maximum Gasteiger partial charge on any atom is 0.252 e. The van der Waals surface area contributed by atoms with Gasteiger partial charge in [-0.15, -0.1) is 0 Å². The molecule has 6 heteroatoms. The van der Waals surface area contributed by atoms with Crippen molar-refractivity contribution in [1.29, 1.82) is 0 Å². The normalized spacial score (nSPS) is 16.6. The lowest BCUT2D eigenvalue weighted by Crippen LogP contribution is -2.30. The Bertz CT molecular complexity index is 872. The standard InChI is InChI=1S/C18H16FN3OS/c19-14-4-1-2-6-17(14)22-16-7-3-5-15(13(16)10-20-22)21-18(23)12-8-9-24-11-12/h1-2,4,6,8-11,15H,3,5,7H2,(H,21,23)/t15-/m1/s1. The second kappa shape index (κ2) is 6.20. The van der Waals surface area contributed by atoms with Crippen molar-refractivity contribution in [3.63, 3.8) is 0 Å². The predicted molar refractivity (Wildman–Crippen MR) is 91.0 cm³/mol. The molecule has 1 aliphatic rings. The molecule has 2 aromatic heterocycles. The lowest BCUT2D eigenvalue weighted by atomic mass is 9.92. The number of thiophene rings is 1. The summed E-state index contributed by atoms with van der Waals surface area (Å²) in [5, 5.41) is 11.2. The highest BCUT2D eigenvalue weighted by molar-refractivity contribution is 7.08. The van der Waals surface area contributed by atoms with Crippen molar-refractivity contribution in [2.45, 2.75) is 25.3 Å². The molecule has 1 amide bonds. The Hall–Kier alpha value is -2.47. The van der Waals surface area contributed by atoms with E-state index in [4.69, 9.17) is 0 Å². The van der Waals surface area contributed by atoms with Crippen LogP contribution in [0.1, 0.15) is 40.5 Å². The lowest BCUT2D eigenvalue weighted by molar-refractivity contribution is 0.0933. The fourth-order valence-electron chi connectivity index (χ4n) is 3.17. The van der Waals surface area contributed by atoms with Crippen molar-refractivity contribution in [3.8, 4) is 5.69 Å². The maximum absolute atomic E-state index is 14.1. The van der Waals surface area contributed by atoms with Crippen LogP contribution in [-0.4, -0.2) is 15.7 Å². The molecule has 122 valence electrons. The van der Waals surface area contributed by atoms with E-state index < -0.39 is 0 Å². The molecule has 0 aliphatic heterocycles. The number of para-hydroxylation sites is 1. The van der Waals surface area contributed by atoms with Gasteiger partial charge in [0, 0.05) is 16.6 Å². The van der Waals surface area contributed by atoms with Gasteiger partial charge < -0.3 is 5.32 Å². The summed E-state index contributed by atoms with van der Waals surface area (Å²) < 4.78 is 15.7. The van der Waals surface area contributed by atoms with Crippen LogP contribution in [0.15, 0.2) is 47.3 Å². The number of aromatic nitrogens is 2. The number of rotatable bonds is 3. The van der Waals surface area contributed by atoms with Gasteiger partial charge in [0.25, 0.3) is 5.91 Å². The Kier molecular flexibility index (Phi) is 3.90. The maximum atomic E-state index is 14.1. The van der Waals surface area contributed by atoms with Gasteiger partial charge in [-0.2, -0.15) is 16.4 Å². The molecule has 4 rings (SSSR count). The summed E-state index contributed by atoms with van der Waals surface area (Å²) in [6, 6.07) is 8.34. The minimum absolute atomic E-state index is 0.0762. The lowest BCUT2D eigenvalue weighted by Gasteiger charge is -2.24. The second-order valence-corrected chi connectivity index (χ2v) is 6.62. The van der Waals surface area contributed by atoms with E-state index in [9.17, 15) is 9.18 Å². The molecular weight excluding hydrogens is 325 g/mol. The van der Waals surface area contributed by atoms with Crippen LogP contribution in [0.4, 0.5) is 4.39 Å². The molecule has 0 fully saturated rings. The summed E-state index contributed by atoms with van der Waals surface area (Å²) in [5.74, 6) is -0.374. The molecule has 0 spiro atoms. The largest absolute Gasteiger partial charge is 0.345 e. The first-order valence-electron chi connectivity index (χ1n) is 7.89. The molecular formula is C18H16FN3OS. The van der Waals surface area contributed by atoms with Gasteiger partial charge in [-0.1, -0.05) is 12.1 Å². The molecule has 3 aromatic rings. The Balaban J connectivity index is 1.65. The minimum Gasteiger partial charge on any atom is -0.345 e. The van der Waals surface area contributed by atoms with Crippen molar-refractivity contribution < 1.29 is 9.18 Å². The number of hydrogen-bond acceptors (Lipinski definition) is 3. The summed E-state index contributed by atoms with van der Waals surface area (Å²) in [7, 11) is 0. The van der Waals surface area contributed by atoms with Gasteiger partial charge in [-0.05, 0) is 42.8 Å². The third kappa shape index (κ3) is 2.63. The summed E-state index contributed by atoms with van der Waals surface area (Å²) >= 11 is 1.50. The molecule has 0 unspecified atom stereocenters. The first kappa shape index (κ1) is 15.1. The van der Waals surface area contributed by atoms with Crippen LogP contribution in [0.25, 0.3) is 5.69 Å². The third-order valence-electron chi connectivity index (χ3n) is 4.35. The molecule has 1 aromatic carbocycles. The van der Waals surface area contributed by atoms with E-state index in [1.807, 2.05) is 16.8 Å². The van der Waals surface area contributed by atoms with Crippen molar-refractivity contribution in [1.82, 2.24) is 15.1 Å². The molecule has 24 heavy (non-hydrogen) atoms. The summed E-state index contributed by atoms with van der Waals surface area (Å²) in [6.45, 7) is 0. The van der Waals surface area contributed by atoms with Crippen LogP contribution in [0.2, 0.25) is 0 Å². The number of amides is 1. The topological polar surface area (TPSA) is 46.9 Å². The molecule has 0 saturated carbocycles. The molecule has 2 heterocycles. The van der Waals surface area contributed by atoms with Gasteiger partial charge >= 0.3 is 0 Å². The number of benzene rings is 1. The van der Waals surface area contributed by atoms with E-state index in [1.54, 1.807) is 29.1 Å². The summed E-state index contributed by atoms with van der Waals surface area (Å²) in [4.78, 5) is 12.3. The average Bonchev–Trinajstić information content (AvgIpc) is 3.26. The van der Waals surface area contributed by atoms with Gasteiger partial charge in [0.2, 0.25) is 0 Å². The van der Waals surface area contributed by atoms with Crippen LogP contribution >= 0.6 is 11.3 Å². The predicted octanol–water partition coefficient (Wildman–Crippen LogP) is 3.88. The monoisotopic (exact) mass is 341 g/mol.